The lowest BCUT2D eigenvalue weighted by Crippen LogP contribution is -2.36. The summed E-state index contributed by atoms with van der Waals surface area (Å²) in [7, 11) is 1.86. The maximum absolute atomic E-state index is 13.4. The van der Waals surface area contributed by atoms with Gasteiger partial charge < -0.3 is 20.1 Å². The molecule has 0 saturated carbocycles. The number of anilines is 1. The second kappa shape index (κ2) is 14.8. The first-order valence-electron chi connectivity index (χ1n) is 16.7. The highest BCUT2D eigenvalue weighted by atomic mass is 16.5. The number of ether oxygens (including phenoxy) is 2. The van der Waals surface area contributed by atoms with Crippen LogP contribution in [0.3, 0.4) is 0 Å². The van der Waals surface area contributed by atoms with Crippen LogP contribution in [0.25, 0.3) is 5.65 Å². The van der Waals surface area contributed by atoms with E-state index < -0.39 is 6.03 Å². The lowest BCUT2D eigenvalue weighted by Gasteiger charge is -2.32. The molecule has 0 bridgehead atoms. The Morgan fingerprint density at radius 1 is 0.938 bits per heavy atom. The molecule has 1 aromatic carbocycles. The fourth-order valence-electron chi connectivity index (χ4n) is 5.69. The van der Waals surface area contributed by atoms with E-state index in [9.17, 15) is 9.59 Å². The predicted molar refractivity (Wildman–Crippen MR) is 185 cm³/mol. The van der Waals surface area contributed by atoms with Crippen molar-refractivity contribution in [2.75, 3.05) is 32.1 Å². The first kappa shape index (κ1) is 34.9. The first-order valence-corrected chi connectivity index (χ1v) is 16.7. The summed E-state index contributed by atoms with van der Waals surface area (Å²) in [6, 6.07) is 13.0. The molecular formula is C36H48N8O4. The predicted octanol–water partition coefficient (Wildman–Crippen LogP) is 6.09. The van der Waals surface area contributed by atoms with Crippen molar-refractivity contribution >= 4 is 23.3 Å². The monoisotopic (exact) mass is 656 g/mol. The molecule has 5 rings (SSSR count). The summed E-state index contributed by atoms with van der Waals surface area (Å²) < 4.78 is 14.1. The van der Waals surface area contributed by atoms with E-state index in [0.717, 1.165) is 34.9 Å². The van der Waals surface area contributed by atoms with E-state index in [1.807, 2.05) is 74.8 Å². The summed E-state index contributed by atoms with van der Waals surface area (Å²) in [6.07, 6.45) is 3.96. The fourth-order valence-corrected chi connectivity index (χ4v) is 5.69. The number of pyridine rings is 1. The number of benzene rings is 1. The molecule has 2 atom stereocenters. The molecule has 3 heterocycles. The molecule has 0 radical (unpaired) electrons. The zero-order valence-corrected chi connectivity index (χ0v) is 29.1. The van der Waals surface area contributed by atoms with E-state index in [-0.39, 0.29) is 46.8 Å². The number of carbonyl (C=O) groups excluding carboxylic acids is 2. The summed E-state index contributed by atoms with van der Waals surface area (Å²) in [4.78, 5) is 35.4. The maximum atomic E-state index is 13.4. The number of nitrogens with zero attached hydrogens (tertiary/aromatic N) is 5. The zero-order valence-electron chi connectivity index (χ0n) is 29.1. The molecule has 12 heteroatoms. The fraction of sp³-hybridized carbons (Fsp3) is 0.500. The van der Waals surface area contributed by atoms with Crippen molar-refractivity contribution in [1.82, 2.24) is 35.2 Å². The van der Waals surface area contributed by atoms with Gasteiger partial charge in [0.15, 0.2) is 17.3 Å². The molecule has 4 aromatic rings. The quantitative estimate of drug-likeness (QED) is 0.122. The van der Waals surface area contributed by atoms with Crippen molar-refractivity contribution in [2.24, 2.45) is 0 Å². The van der Waals surface area contributed by atoms with Gasteiger partial charge in [0.25, 0.3) is 0 Å². The number of ketones is 1. The van der Waals surface area contributed by atoms with Crippen molar-refractivity contribution in [1.29, 1.82) is 0 Å². The van der Waals surface area contributed by atoms with Crippen molar-refractivity contribution in [3.8, 4) is 5.75 Å². The number of Topliss-reactive ketones (excluding diaryl/α,β-unsaturated/α-hetero) is 1. The van der Waals surface area contributed by atoms with Crippen LogP contribution in [0.15, 0.2) is 48.7 Å². The van der Waals surface area contributed by atoms with Gasteiger partial charge in [-0.05, 0) is 49.6 Å². The topological polar surface area (TPSA) is 145 Å². The molecule has 0 aliphatic heterocycles. The number of aromatic nitrogens is 5. The molecule has 3 aromatic heterocycles. The Morgan fingerprint density at radius 3 is 2.44 bits per heavy atom. The molecule has 2 amide bonds. The van der Waals surface area contributed by atoms with E-state index in [2.05, 4.69) is 56.9 Å². The van der Waals surface area contributed by atoms with E-state index in [1.54, 1.807) is 6.07 Å². The Morgan fingerprint density at radius 2 is 1.71 bits per heavy atom. The third-order valence-electron chi connectivity index (χ3n) is 8.24. The number of urea groups is 1. The van der Waals surface area contributed by atoms with E-state index in [1.165, 1.54) is 0 Å². The first-order chi connectivity index (χ1) is 22.8. The smallest absolute Gasteiger partial charge is 0.320 e. The Labute approximate surface area is 282 Å². The Balaban J connectivity index is 1.27. The highest BCUT2D eigenvalue weighted by molar-refractivity contribution is 5.94. The molecular weight excluding hydrogens is 608 g/mol. The number of nitrogens with one attached hydrogen (secondary N) is 3. The van der Waals surface area contributed by atoms with Gasteiger partial charge in [-0.25, -0.2) is 14.8 Å². The summed E-state index contributed by atoms with van der Waals surface area (Å²) >= 11 is 0. The van der Waals surface area contributed by atoms with Gasteiger partial charge in [-0.2, -0.15) is 0 Å². The van der Waals surface area contributed by atoms with Crippen LogP contribution in [0.2, 0.25) is 0 Å². The lowest BCUT2D eigenvalue weighted by atomic mass is 9.85. The Hall–Kier alpha value is -4.42. The molecule has 0 fully saturated rings. The van der Waals surface area contributed by atoms with Gasteiger partial charge in [-0.3, -0.25) is 14.5 Å². The number of likely N-dealkylation sites (N-methyl/N-ethyl adjacent to an activating group) is 1. The summed E-state index contributed by atoms with van der Waals surface area (Å²) in [5.41, 5.74) is 2.93. The SMILES string of the molecule is CNCCOCCCC(=O)c1nc(NC(=O)N[C@H]2CC[C@@H](Oc3ccc4nnc(C(C)(C)C)n4c3)c3ccccc32)cc(C(C)(C)C)n1. The van der Waals surface area contributed by atoms with Crippen LogP contribution in [0.4, 0.5) is 10.6 Å². The van der Waals surface area contributed by atoms with Gasteiger partial charge in [0, 0.05) is 36.5 Å². The maximum Gasteiger partial charge on any atom is 0.320 e. The zero-order chi connectivity index (χ0) is 34.5. The van der Waals surface area contributed by atoms with Crippen LogP contribution >= 0.6 is 0 Å². The van der Waals surface area contributed by atoms with Crippen molar-refractivity contribution < 1.29 is 19.1 Å². The number of amides is 2. The second-order valence-electron chi connectivity index (χ2n) is 14.3. The minimum Gasteiger partial charge on any atom is -0.484 e. The average molecular weight is 657 g/mol. The van der Waals surface area contributed by atoms with Gasteiger partial charge in [0.2, 0.25) is 0 Å². The van der Waals surface area contributed by atoms with Crippen LogP contribution < -0.4 is 20.7 Å². The van der Waals surface area contributed by atoms with Gasteiger partial charge in [0.1, 0.15) is 23.5 Å². The molecule has 12 nitrogen and oxygen atoms in total. The molecule has 1 aliphatic carbocycles. The standard InChI is InChI=1S/C36H48N8O4/c1-35(2,3)29-21-30(40-32(39-29)27(45)13-10-19-47-20-18-37-7)41-34(46)38-26-15-16-28(25-12-9-8-11-24(25)26)48-23-14-17-31-42-43-33(36(4,5)6)44(31)22-23/h8-9,11-12,14,17,21-22,26,28,37H,10,13,15-16,18-20H2,1-7H3,(H2,38,39,40,41,46)/t26-,28+/m0/s1. The minimum absolute atomic E-state index is 0.0928. The summed E-state index contributed by atoms with van der Waals surface area (Å²) in [5.74, 6) is 1.77. The van der Waals surface area contributed by atoms with Crippen molar-refractivity contribution in [3.05, 3.63) is 77.1 Å². The number of carbonyl (C=O) groups is 2. The largest absolute Gasteiger partial charge is 0.484 e. The van der Waals surface area contributed by atoms with Crippen LogP contribution in [0.1, 0.15) is 113 Å². The van der Waals surface area contributed by atoms with Gasteiger partial charge >= 0.3 is 6.03 Å². The molecule has 48 heavy (non-hydrogen) atoms. The minimum atomic E-state index is -0.406. The summed E-state index contributed by atoms with van der Waals surface area (Å²) in [6.45, 7) is 14.2. The molecule has 256 valence electrons. The second-order valence-corrected chi connectivity index (χ2v) is 14.3. The molecule has 1 aliphatic rings. The third kappa shape index (κ3) is 8.53. The van der Waals surface area contributed by atoms with Crippen LogP contribution in [0.5, 0.6) is 5.75 Å². The molecule has 0 unspecified atom stereocenters. The number of hydrogen-bond acceptors (Lipinski definition) is 9. The van der Waals surface area contributed by atoms with Crippen LogP contribution in [-0.2, 0) is 15.6 Å². The molecule has 3 N–H and O–H groups in total. The normalized spacial score (nSPS) is 16.4. The van der Waals surface area contributed by atoms with Gasteiger partial charge in [-0.1, -0.05) is 65.8 Å². The highest BCUT2D eigenvalue weighted by Crippen LogP contribution is 2.39. The molecule has 0 spiro atoms. The Bertz CT molecular complexity index is 1740. The average Bonchev–Trinajstić information content (AvgIpc) is 3.47. The van der Waals surface area contributed by atoms with Crippen LogP contribution in [0, 0.1) is 0 Å². The van der Waals surface area contributed by atoms with Gasteiger partial charge in [0.05, 0.1) is 24.5 Å². The van der Waals surface area contributed by atoms with E-state index in [4.69, 9.17) is 9.47 Å². The lowest BCUT2D eigenvalue weighted by molar-refractivity contribution is 0.0930. The number of hydrogen-bond donors (Lipinski definition) is 3. The summed E-state index contributed by atoms with van der Waals surface area (Å²) in [5, 5.41) is 17.7. The molecule has 0 saturated heterocycles. The third-order valence-corrected chi connectivity index (χ3v) is 8.24. The van der Waals surface area contributed by atoms with E-state index >= 15 is 0 Å². The number of fused-ring (bicyclic) bond motifs is 2. The van der Waals surface area contributed by atoms with Gasteiger partial charge in [-0.15, -0.1) is 10.2 Å². The number of rotatable bonds is 12. The van der Waals surface area contributed by atoms with E-state index in [0.29, 0.717) is 38.2 Å². The highest BCUT2D eigenvalue weighted by Gasteiger charge is 2.30. The van der Waals surface area contributed by atoms with Crippen LogP contribution in [-0.4, -0.2) is 63.2 Å². The van der Waals surface area contributed by atoms with Crippen molar-refractivity contribution in [3.63, 3.8) is 0 Å². The van der Waals surface area contributed by atoms with Crippen molar-refractivity contribution in [2.45, 2.75) is 90.2 Å². The Kier molecular flexibility index (Phi) is 10.7.